The molecule has 3 unspecified atom stereocenters. The summed E-state index contributed by atoms with van der Waals surface area (Å²) in [4.78, 5) is 15.4. The lowest BCUT2D eigenvalue weighted by Crippen LogP contribution is -2.43. The summed E-state index contributed by atoms with van der Waals surface area (Å²) in [6, 6.07) is 9.86. The summed E-state index contributed by atoms with van der Waals surface area (Å²) in [6.07, 6.45) is 10.4. The van der Waals surface area contributed by atoms with Gasteiger partial charge in [-0.3, -0.25) is 4.57 Å². The maximum atomic E-state index is 12.4. The van der Waals surface area contributed by atoms with Crippen molar-refractivity contribution in [3.63, 3.8) is 0 Å². The minimum atomic E-state index is 0.0562. The molecule has 2 bridgehead atoms. The summed E-state index contributed by atoms with van der Waals surface area (Å²) in [5, 5.41) is 3.97. The monoisotopic (exact) mass is 325 g/mol. The summed E-state index contributed by atoms with van der Waals surface area (Å²) in [5.74, 6) is 1.96. The Morgan fingerprint density at radius 2 is 1.83 bits per heavy atom. The summed E-state index contributed by atoms with van der Waals surface area (Å²) in [6.45, 7) is 0. The molecule has 3 aliphatic carbocycles. The first-order valence-corrected chi connectivity index (χ1v) is 9.73. The van der Waals surface area contributed by atoms with Crippen LogP contribution >= 0.6 is 0 Å². The number of para-hydroxylation sites is 2. The molecule has 1 aromatic carbocycles. The predicted molar refractivity (Wildman–Crippen MR) is 96.2 cm³/mol. The fourth-order valence-corrected chi connectivity index (χ4v) is 5.69. The van der Waals surface area contributed by atoms with E-state index in [1.165, 1.54) is 38.5 Å². The number of nitrogens with one attached hydrogen (secondary N) is 2. The molecule has 4 heteroatoms. The molecular formula is C20H27N3O. The van der Waals surface area contributed by atoms with E-state index in [0.29, 0.717) is 12.1 Å². The van der Waals surface area contributed by atoms with Crippen LogP contribution in [-0.2, 0) is 0 Å². The number of aromatic nitrogens is 2. The van der Waals surface area contributed by atoms with Gasteiger partial charge in [0.15, 0.2) is 0 Å². The number of benzene rings is 1. The number of imidazole rings is 1. The molecule has 3 fully saturated rings. The van der Waals surface area contributed by atoms with Gasteiger partial charge in [-0.15, -0.1) is 0 Å². The largest absolute Gasteiger partial charge is 0.326 e. The van der Waals surface area contributed by atoms with Crippen molar-refractivity contribution in [3.8, 4) is 0 Å². The van der Waals surface area contributed by atoms with E-state index in [2.05, 4.69) is 16.4 Å². The Kier molecular flexibility index (Phi) is 3.55. The van der Waals surface area contributed by atoms with Crippen molar-refractivity contribution in [2.24, 2.45) is 11.8 Å². The minimum Gasteiger partial charge on any atom is -0.311 e. The third-order valence-electron chi connectivity index (χ3n) is 6.87. The first-order valence-electron chi connectivity index (χ1n) is 9.73. The minimum absolute atomic E-state index is 0.0562. The lowest BCUT2D eigenvalue weighted by Gasteiger charge is -2.34. The van der Waals surface area contributed by atoms with Crippen LogP contribution in [0.5, 0.6) is 0 Å². The van der Waals surface area contributed by atoms with E-state index in [1.54, 1.807) is 0 Å². The molecule has 3 aliphatic rings. The van der Waals surface area contributed by atoms with E-state index in [4.69, 9.17) is 0 Å². The lowest BCUT2D eigenvalue weighted by molar-refractivity contribution is 0.244. The summed E-state index contributed by atoms with van der Waals surface area (Å²) in [7, 11) is 0. The zero-order chi connectivity index (χ0) is 16.1. The fraction of sp³-hybridized carbons (Fsp3) is 0.650. The van der Waals surface area contributed by atoms with Crippen molar-refractivity contribution in [2.45, 2.75) is 69.5 Å². The molecule has 0 saturated heterocycles. The van der Waals surface area contributed by atoms with Crippen LogP contribution in [-0.4, -0.2) is 21.6 Å². The number of hydrogen-bond donors (Lipinski definition) is 2. The fourth-order valence-electron chi connectivity index (χ4n) is 5.69. The quantitative estimate of drug-likeness (QED) is 0.906. The first kappa shape index (κ1) is 14.8. The molecule has 3 saturated carbocycles. The van der Waals surface area contributed by atoms with Gasteiger partial charge in [0.1, 0.15) is 0 Å². The molecule has 0 aliphatic heterocycles. The van der Waals surface area contributed by atoms with Crippen LogP contribution in [0, 0.1) is 11.8 Å². The Labute approximate surface area is 142 Å². The van der Waals surface area contributed by atoms with Crippen molar-refractivity contribution in [1.29, 1.82) is 0 Å². The molecule has 2 aromatic rings. The van der Waals surface area contributed by atoms with Crippen LogP contribution in [0.3, 0.4) is 0 Å². The lowest BCUT2D eigenvalue weighted by atomic mass is 9.88. The molecule has 0 radical (unpaired) electrons. The average molecular weight is 325 g/mol. The number of nitrogens with zero attached hydrogens (tertiary/aromatic N) is 1. The number of fused-ring (bicyclic) bond motifs is 3. The van der Waals surface area contributed by atoms with Crippen molar-refractivity contribution in [2.75, 3.05) is 0 Å². The summed E-state index contributed by atoms with van der Waals surface area (Å²) >= 11 is 0. The number of H-pyrrole nitrogens is 1. The molecule has 2 N–H and O–H groups in total. The van der Waals surface area contributed by atoms with Gasteiger partial charge in [-0.25, -0.2) is 4.79 Å². The maximum absolute atomic E-state index is 12.4. The SMILES string of the molecule is O=c1[nH]c2ccccc2n1C1CCC(NC2CC3CCC2C3)CC1. The molecule has 3 atom stereocenters. The van der Waals surface area contributed by atoms with Crippen molar-refractivity contribution < 1.29 is 0 Å². The van der Waals surface area contributed by atoms with Gasteiger partial charge in [0, 0.05) is 18.1 Å². The van der Waals surface area contributed by atoms with Crippen LogP contribution in [0.1, 0.15) is 57.4 Å². The Balaban J connectivity index is 1.26. The van der Waals surface area contributed by atoms with Gasteiger partial charge in [0.2, 0.25) is 0 Å². The molecule has 1 aromatic heterocycles. The second-order valence-corrected chi connectivity index (χ2v) is 8.27. The van der Waals surface area contributed by atoms with Gasteiger partial charge in [-0.1, -0.05) is 18.6 Å². The zero-order valence-corrected chi connectivity index (χ0v) is 14.2. The third kappa shape index (κ3) is 2.43. The second-order valence-electron chi connectivity index (χ2n) is 8.27. The van der Waals surface area contributed by atoms with Gasteiger partial charge in [0.05, 0.1) is 11.0 Å². The van der Waals surface area contributed by atoms with Crippen molar-refractivity contribution in [3.05, 3.63) is 34.7 Å². The standard InChI is InChI=1S/C20H27N3O/c24-20-22-17-3-1-2-4-19(17)23(20)16-9-7-15(8-10-16)21-18-12-13-5-6-14(18)11-13/h1-4,13-16,18,21H,5-12H2,(H,22,24). The van der Waals surface area contributed by atoms with Crippen LogP contribution in [0.2, 0.25) is 0 Å². The zero-order valence-electron chi connectivity index (χ0n) is 14.2. The van der Waals surface area contributed by atoms with E-state index in [0.717, 1.165) is 41.8 Å². The van der Waals surface area contributed by atoms with E-state index < -0.39 is 0 Å². The molecular weight excluding hydrogens is 298 g/mol. The van der Waals surface area contributed by atoms with E-state index in [-0.39, 0.29) is 5.69 Å². The highest BCUT2D eigenvalue weighted by molar-refractivity contribution is 5.75. The number of hydrogen-bond acceptors (Lipinski definition) is 2. The molecule has 24 heavy (non-hydrogen) atoms. The van der Waals surface area contributed by atoms with E-state index in [9.17, 15) is 4.79 Å². The van der Waals surface area contributed by atoms with Crippen molar-refractivity contribution in [1.82, 2.24) is 14.9 Å². The van der Waals surface area contributed by atoms with Gasteiger partial charge in [0.25, 0.3) is 0 Å². The van der Waals surface area contributed by atoms with Crippen LogP contribution in [0.25, 0.3) is 11.0 Å². The molecule has 0 spiro atoms. The third-order valence-corrected chi connectivity index (χ3v) is 6.87. The number of rotatable bonds is 3. The van der Waals surface area contributed by atoms with Crippen LogP contribution in [0.4, 0.5) is 0 Å². The van der Waals surface area contributed by atoms with Crippen LogP contribution < -0.4 is 11.0 Å². The molecule has 1 heterocycles. The Morgan fingerprint density at radius 1 is 1.00 bits per heavy atom. The highest BCUT2D eigenvalue weighted by Gasteiger charge is 2.40. The molecule has 0 amide bonds. The highest BCUT2D eigenvalue weighted by atomic mass is 16.1. The molecule has 5 rings (SSSR count). The van der Waals surface area contributed by atoms with Gasteiger partial charge in [-0.05, 0) is 68.9 Å². The Morgan fingerprint density at radius 3 is 2.58 bits per heavy atom. The summed E-state index contributed by atoms with van der Waals surface area (Å²) in [5.41, 5.74) is 2.08. The average Bonchev–Trinajstić information content (AvgIpc) is 3.29. The summed E-state index contributed by atoms with van der Waals surface area (Å²) < 4.78 is 2.00. The topological polar surface area (TPSA) is 49.8 Å². The second kappa shape index (κ2) is 5.76. The smallest absolute Gasteiger partial charge is 0.311 e. The molecule has 128 valence electrons. The number of aromatic amines is 1. The highest BCUT2D eigenvalue weighted by Crippen LogP contribution is 2.45. The Hall–Kier alpha value is -1.55. The Bertz CT molecular complexity index is 784. The van der Waals surface area contributed by atoms with Gasteiger partial charge < -0.3 is 10.3 Å². The predicted octanol–water partition coefficient (Wildman–Crippen LogP) is 3.59. The van der Waals surface area contributed by atoms with E-state index >= 15 is 0 Å². The first-order chi connectivity index (χ1) is 11.8. The van der Waals surface area contributed by atoms with Crippen LogP contribution in [0.15, 0.2) is 29.1 Å². The van der Waals surface area contributed by atoms with Gasteiger partial charge >= 0.3 is 5.69 Å². The molecule has 4 nitrogen and oxygen atoms in total. The van der Waals surface area contributed by atoms with Gasteiger partial charge in [-0.2, -0.15) is 0 Å². The van der Waals surface area contributed by atoms with Crippen molar-refractivity contribution >= 4 is 11.0 Å². The maximum Gasteiger partial charge on any atom is 0.326 e. The normalized spacial score (nSPS) is 35.8. The van der Waals surface area contributed by atoms with E-state index in [1.807, 2.05) is 22.8 Å².